The Kier molecular flexibility index (Phi) is 6.48. The Labute approximate surface area is 124 Å². The number of benzene rings is 1. The summed E-state index contributed by atoms with van der Waals surface area (Å²) in [5.74, 6) is -1.01. The van der Waals surface area contributed by atoms with Crippen LogP contribution >= 0.6 is 12.4 Å². The summed E-state index contributed by atoms with van der Waals surface area (Å²) < 4.78 is 0. The summed E-state index contributed by atoms with van der Waals surface area (Å²) in [5, 5.41) is 11.9. The molecule has 20 heavy (non-hydrogen) atoms. The normalized spacial score (nSPS) is 18.9. The van der Waals surface area contributed by atoms with Gasteiger partial charge in [-0.1, -0.05) is 24.6 Å². The summed E-state index contributed by atoms with van der Waals surface area (Å²) in [4.78, 5) is 24.8. The third kappa shape index (κ3) is 4.51. The van der Waals surface area contributed by atoms with Crippen LogP contribution in [0.2, 0.25) is 0 Å². The number of nitrogens with one attached hydrogen (secondary N) is 1. The van der Waals surface area contributed by atoms with Crippen molar-refractivity contribution in [1.29, 1.82) is 0 Å². The molecule has 0 saturated carbocycles. The van der Waals surface area contributed by atoms with Crippen LogP contribution in [0.3, 0.4) is 0 Å². The van der Waals surface area contributed by atoms with Gasteiger partial charge in [-0.2, -0.15) is 0 Å². The number of carbonyl (C=O) groups is 2. The third-order valence-electron chi connectivity index (χ3n) is 3.30. The molecule has 1 aromatic carbocycles. The van der Waals surface area contributed by atoms with Gasteiger partial charge in [0.2, 0.25) is 5.91 Å². The molecule has 1 aromatic rings. The first kappa shape index (κ1) is 16.5. The monoisotopic (exact) mass is 298 g/mol. The Morgan fingerprint density at radius 2 is 1.95 bits per heavy atom. The van der Waals surface area contributed by atoms with E-state index in [0.717, 1.165) is 18.5 Å². The van der Waals surface area contributed by atoms with Crippen LogP contribution < -0.4 is 5.32 Å². The summed E-state index contributed by atoms with van der Waals surface area (Å²) in [6.07, 6.45) is 2.48. The first-order valence-electron chi connectivity index (χ1n) is 6.48. The van der Waals surface area contributed by atoms with Crippen molar-refractivity contribution in [3.63, 3.8) is 0 Å². The SMILES string of the molecule is Cl.O=C(CN1CCCCC1C(=O)O)Nc1ccccc1. The van der Waals surface area contributed by atoms with E-state index in [4.69, 9.17) is 5.11 Å². The van der Waals surface area contributed by atoms with E-state index in [1.807, 2.05) is 30.3 Å². The second-order valence-electron chi connectivity index (χ2n) is 4.73. The number of carboxylic acids is 1. The van der Waals surface area contributed by atoms with Gasteiger partial charge in [0.1, 0.15) is 6.04 Å². The molecule has 5 nitrogen and oxygen atoms in total. The number of aliphatic carboxylic acids is 1. The molecule has 0 aromatic heterocycles. The van der Waals surface area contributed by atoms with E-state index in [1.54, 1.807) is 4.90 Å². The van der Waals surface area contributed by atoms with Crippen LogP contribution in [0, 0.1) is 0 Å². The molecule has 110 valence electrons. The van der Waals surface area contributed by atoms with Crippen LogP contribution in [0.5, 0.6) is 0 Å². The number of hydrogen-bond acceptors (Lipinski definition) is 3. The van der Waals surface area contributed by atoms with Crippen molar-refractivity contribution in [2.45, 2.75) is 25.3 Å². The zero-order valence-electron chi connectivity index (χ0n) is 11.1. The van der Waals surface area contributed by atoms with E-state index >= 15 is 0 Å². The van der Waals surface area contributed by atoms with Gasteiger partial charge in [-0.15, -0.1) is 12.4 Å². The third-order valence-corrected chi connectivity index (χ3v) is 3.30. The van der Waals surface area contributed by atoms with Crippen LogP contribution in [0.25, 0.3) is 0 Å². The molecule has 0 radical (unpaired) electrons. The summed E-state index contributed by atoms with van der Waals surface area (Å²) in [6, 6.07) is 8.65. The van der Waals surface area contributed by atoms with Crippen LogP contribution in [0.1, 0.15) is 19.3 Å². The number of rotatable bonds is 4. The molecule has 2 rings (SSSR count). The Bertz CT molecular complexity index is 453. The van der Waals surface area contributed by atoms with Crippen molar-refractivity contribution < 1.29 is 14.7 Å². The average molecular weight is 299 g/mol. The van der Waals surface area contributed by atoms with E-state index in [9.17, 15) is 9.59 Å². The molecular formula is C14H19ClN2O3. The zero-order valence-corrected chi connectivity index (χ0v) is 11.9. The molecule has 2 N–H and O–H groups in total. The maximum atomic E-state index is 11.9. The molecule has 6 heteroatoms. The van der Waals surface area contributed by atoms with E-state index in [-0.39, 0.29) is 24.9 Å². The van der Waals surface area contributed by atoms with Crippen molar-refractivity contribution in [2.75, 3.05) is 18.4 Å². The number of carboxylic acid groups (broad SMARTS) is 1. The van der Waals surface area contributed by atoms with Crippen molar-refractivity contribution in [1.82, 2.24) is 4.90 Å². The van der Waals surface area contributed by atoms with E-state index in [2.05, 4.69) is 5.32 Å². The van der Waals surface area contributed by atoms with Gasteiger partial charge < -0.3 is 10.4 Å². The molecule has 1 fully saturated rings. The van der Waals surface area contributed by atoms with Crippen LogP contribution in [-0.4, -0.2) is 41.0 Å². The number of piperidine rings is 1. The minimum absolute atomic E-state index is 0. The summed E-state index contributed by atoms with van der Waals surface area (Å²) in [5.41, 5.74) is 0.733. The maximum Gasteiger partial charge on any atom is 0.320 e. The molecule has 1 atom stereocenters. The minimum Gasteiger partial charge on any atom is -0.480 e. The molecule has 1 amide bonds. The number of likely N-dealkylation sites (tertiary alicyclic amines) is 1. The van der Waals surface area contributed by atoms with Crippen molar-refractivity contribution in [2.24, 2.45) is 0 Å². The summed E-state index contributed by atoms with van der Waals surface area (Å²) >= 11 is 0. The van der Waals surface area contributed by atoms with Gasteiger partial charge in [0.25, 0.3) is 0 Å². The highest BCUT2D eigenvalue weighted by molar-refractivity contribution is 5.92. The Morgan fingerprint density at radius 3 is 2.60 bits per heavy atom. The molecule has 1 saturated heterocycles. The summed E-state index contributed by atoms with van der Waals surface area (Å²) in [6.45, 7) is 0.797. The smallest absolute Gasteiger partial charge is 0.320 e. The summed E-state index contributed by atoms with van der Waals surface area (Å²) in [7, 11) is 0. The van der Waals surface area contributed by atoms with Gasteiger partial charge in [0.05, 0.1) is 6.54 Å². The van der Waals surface area contributed by atoms with Gasteiger partial charge in [0.15, 0.2) is 0 Å². The van der Waals surface area contributed by atoms with Crippen LogP contribution in [0.15, 0.2) is 30.3 Å². The van der Waals surface area contributed by atoms with Gasteiger partial charge in [-0.05, 0) is 31.5 Å². The second-order valence-corrected chi connectivity index (χ2v) is 4.73. The fourth-order valence-electron chi connectivity index (χ4n) is 2.37. The standard InChI is InChI=1S/C14H18N2O3.ClH/c17-13(15-11-6-2-1-3-7-11)10-16-9-5-4-8-12(16)14(18)19;/h1-3,6-7,12H,4-5,8-10H2,(H,15,17)(H,18,19);1H. The molecule has 0 spiro atoms. The van der Waals surface area contributed by atoms with Crippen LogP contribution in [0.4, 0.5) is 5.69 Å². The lowest BCUT2D eigenvalue weighted by Crippen LogP contribution is -2.47. The number of para-hydroxylation sites is 1. The molecule has 0 bridgehead atoms. The molecule has 1 unspecified atom stereocenters. The zero-order chi connectivity index (χ0) is 13.7. The molecule has 1 aliphatic rings. The highest BCUT2D eigenvalue weighted by atomic mass is 35.5. The van der Waals surface area contributed by atoms with Gasteiger partial charge in [-0.25, -0.2) is 0 Å². The number of halogens is 1. The molecule has 0 aliphatic carbocycles. The number of carbonyl (C=O) groups excluding carboxylic acids is 1. The topological polar surface area (TPSA) is 69.6 Å². The maximum absolute atomic E-state index is 11.9. The van der Waals surface area contributed by atoms with Gasteiger partial charge in [0, 0.05) is 5.69 Å². The van der Waals surface area contributed by atoms with E-state index in [1.165, 1.54) is 0 Å². The Hall–Kier alpha value is -1.59. The minimum atomic E-state index is -0.841. The highest BCUT2D eigenvalue weighted by Crippen LogP contribution is 2.17. The lowest BCUT2D eigenvalue weighted by atomic mass is 10.0. The van der Waals surface area contributed by atoms with Gasteiger partial charge in [-0.3, -0.25) is 14.5 Å². The lowest BCUT2D eigenvalue weighted by Gasteiger charge is -2.32. The number of nitrogens with zero attached hydrogens (tertiary/aromatic N) is 1. The first-order chi connectivity index (χ1) is 9.16. The lowest BCUT2D eigenvalue weighted by molar-refractivity contribution is -0.145. The number of anilines is 1. The van der Waals surface area contributed by atoms with E-state index < -0.39 is 12.0 Å². The van der Waals surface area contributed by atoms with Gasteiger partial charge >= 0.3 is 5.97 Å². The predicted molar refractivity (Wildman–Crippen MR) is 79.2 cm³/mol. The largest absolute Gasteiger partial charge is 0.480 e. The van der Waals surface area contributed by atoms with Crippen LogP contribution in [-0.2, 0) is 9.59 Å². The first-order valence-corrected chi connectivity index (χ1v) is 6.48. The molecule has 1 heterocycles. The number of hydrogen-bond donors (Lipinski definition) is 2. The number of amides is 1. The van der Waals surface area contributed by atoms with Crippen molar-refractivity contribution >= 4 is 30.0 Å². The van der Waals surface area contributed by atoms with Crippen molar-refractivity contribution in [3.8, 4) is 0 Å². The Balaban J connectivity index is 0.00000200. The molecule has 1 aliphatic heterocycles. The molecular weight excluding hydrogens is 280 g/mol. The quantitative estimate of drug-likeness (QED) is 0.892. The van der Waals surface area contributed by atoms with E-state index in [0.29, 0.717) is 13.0 Å². The average Bonchev–Trinajstić information content (AvgIpc) is 2.40. The highest BCUT2D eigenvalue weighted by Gasteiger charge is 2.29. The predicted octanol–water partition coefficient (Wildman–Crippen LogP) is 1.99. The fraction of sp³-hybridized carbons (Fsp3) is 0.429. The second kappa shape index (κ2) is 7.87. The van der Waals surface area contributed by atoms with Crippen molar-refractivity contribution in [3.05, 3.63) is 30.3 Å². The Morgan fingerprint density at radius 1 is 1.25 bits per heavy atom. The fourth-order valence-corrected chi connectivity index (χ4v) is 2.37.